The van der Waals surface area contributed by atoms with Gasteiger partial charge in [-0.25, -0.2) is 0 Å². The van der Waals surface area contributed by atoms with Crippen LogP contribution < -0.4 is 15.0 Å². The Morgan fingerprint density at radius 2 is 2.06 bits per heavy atom. The summed E-state index contributed by atoms with van der Waals surface area (Å²) in [7, 11) is 5.51. The predicted octanol–water partition coefficient (Wildman–Crippen LogP) is 1.76. The van der Waals surface area contributed by atoms with Crippen LogP contribution in [-0.2, 0) is 4.74 Å². The highest BCUT2D eigenvalue weighted by molar-refractivity contribution is 5.49. The fraction of sp³-hybridized carbons (Fsp3) is 0.571. The molecule has 4 nitrogen and oxygen atoms in total. The smallest absolute Gasteiger partial charge is 0.120 e. The molecule has 0 aliphatic heterocycles. The van der Waals surface area contributed by atoms with Crippen molar-refractivity contribution in [2.45, 2.75) is 6.42 Å². The maximum Gasteiger partial charge on any atom is 0.120 e. The zero-order valence-electron chi connectivity index (χ0n) is 11.6. The van der Waals surface area contributed by atoms with Crippen LogP contribution in [0.5, 0.6) is 5.75 Å². The van der Waals surface area contributed by atoms with E-state index >= 15 is 0 Å². The van der Waals surface area contributed by atoms with Crippen molar-refractivity contribution in [2.75, 3.05) is 52.4 Å². The number of methoxy groups -OCH3 is 2. The van der Waals surface area contributed by atoms with Crippen LogP contribution in [0.1, 0.15) is 6.42 Å². The normalized spacial score (nSPS) is 10.4. The molecule has 0 saturated heterocycles. The first-order chi connectivity index (χ1) is 8.77. The van der Waals surface area contributed by atoms with Crippen molar-refractivity contribution in [1.82, 2.24) is 5.32 Å². The number of benzene rings is 1. The Morgan fingerprint density at radius 1 is 1.22 bits per heavy atom. The molecule has 0 saturated carbocycles. The molecule has 0 aromatic heterocycles. The zero-order chi connectivity index (χ0) is 13.2. The molecule has 0 heterocycles. The molecule has 0 aliphatic rings. The van der Waals surface area contributed by atoms with Gasteiger partial charge in [-0.05, 0) is 25.1 Å². The average molecular weight is 252 g/mol. The zero-order valence-corrected chi connectivity index (χ0v) is 11.6. The monoisotopic (exact) mass is 252 g/mol. The number of nitrogens with one attached hydrogen (secondary N) is 1. The summed E-state index contributed by atoms with van der Waals surface area (Å²) in [5.41, 5.74) is 1.19. The van der Waals surface area contributed by atoms with Gasteiger partial charge in [0.2, 0.25) is 0 Å². The van der Waals surface area contributed by atoms with Gasteiger partial charge < -0.3 is 19.7 Å². The van der Waals surface area contributed by atoms with Crippen molar-refractivity contribution in [3.05, 3.63) is 24.3 Å². The molecule has 0 spiro atoms. The fourth-order valence-electron chi connectivity index (χ4n) is 1.72. The van der Waals surface area contributed by atoms with Gasteiger partial charge in [-0.2, -0.15) is 0 Å². The Labute approximate surface area is 110 Å². The van der Waals surface area contributed by atoms with Crippen LogP contribution in [0.3, 0.4) is 0 Å². The van der Waals surface area contributed by atoms with Crippen molar-refractivity contribution in [1.29, 1.82) is 0 Å². The number of rotatable bonds is 9. The number of hydrogen-bond donors (Lipinski definition) is 1. The summed E-state index contributed by atoms with van der Waals surface area (Å²) in [6.07, 6.45) is 1.11. The van der Waals surface area contributed by atoms with Crippen molar-refractivity contribution in [3.63, 3.8) is 0 Å². The Morgan fingerprint density at radius 3 is 2.78 bits per heavy atom. The standard InChI is InChI=1S/C14H24N2O2/c1-16(10-5-8-15-9-11-17-2)13-6-4-7-14(12-13)18-3/h4,6-7,12,15H,5,8-11H2,1-3H3. The van der Waals surface area contributed by atoms with Crippen molar-refractivity contribution in [3.8, 4) is 5.75 Å². The number of ether oxygens (including phenoxy) is 2. The predicted molar refractivity (Wildman–Crippen MR) is 75.6 cm³/mol. The van der Waals surface area contributed by atoms with Crippen molar-refractivity contribution >= 4 is 5.69 Å². The molecule has 1 N–H and O–H groups in total. The maximum absolute atomic E-state index is 5.22. The molecule has 0 aliphatic carbocycles. The van der Waals surface area contributed by atoms with E-state index in [1.54, 1.807) is 14.2 Å². The molecule has 1 rings (SSSR count). The minimum Gasteiger partial charge on any atom is -0.497 e. The highest BCUT2D eigenvalue weighted by atomic mass is 16.5. The van der Waals surface area contributed by atoms with E-state index in [0.717, 1.165) is 38.4 Å². The molecule has 0 bridgehead atoms. The molecule has 0 amide bonds. The van der Waals surface area contributed by atoms with Crippen LogP contribution in [0, 0.1) is 0 Å². The van der Waals surface area contributed by atoms with E-state index in [1.165, 1.54) is 5.69 Å². The Balaban J connectivity index is 2.25. The van der Waals surface area contributed by atoms with Gasteiger partial charge in [-0.3, -0.25) is 0 Å². The summed E-state index contributed by atoms with van der Waals surface area (Å²) in [5.74, 6) is 0.901. The largest absolute Gasteiger partial charge is 0.497 e. The topological polar surface area (TPSA) is 33.7 Å². The summed E-state index contributed by atoms with van der Waals surface area (Å²) in [6, 6.07) is 8.13. The van der Waals surface area contributed by atoms with Crippen molar-refractivity contribution < 1.29 is 9.47 Å². The summed E-state index contributed by atoms with van der Waals surface area (Å²) in [6.45, 7) is 3.72. The van der Waals surface area contributed by atoms with Gasteiger partial charge in [0, 0.05) is 39.0 Å². The Kier molecular flexibility index (Phi) is 7.22. The second kappa shape index (κ2) is 8.78. The van der Waals surface area contributed by atoms with Crippen LogP contribution in [0.2, 0.25) is 0 Å². The third-order valence-electron chi connectivity index (χ3n) is 2.82. The molecule has 1 aromatic rings. The highest BCUT2D eigenvalue weighted by Gasteiger charge is 2.01. The van der Waals surface area contributed by atoms with Gasteiger partial charge in [0.25, 0.3) is 0 Å². The van der Waals surface area contributed by atoms with Gasteiger partial charge in [-0.1, -0.05) is 6.07 Å². The quantitative estimate of drug-likeness (QED) is 0.679. The molecule has 1 aromatic carbocycles. The molecule has 4 heteroatoms. The first-order valence-electron chi connectivity index (χ1n) is 6.32. The van der Waals surface area contributed by atoms with E-state index in [-0.39, 0.29) is 0 Å². The molecular weight excluding hydrogens is 228 g/mol. The van der Waals surface area contributed by atoms with E-state index < -0.39 is 0 Å². The lowest BCUT2D eigenvalue weighted by Crippen LogP contribution is -2.25. The molecule has 0 atom stereocenters. The van der Waals surface area contributed by atoms with Gasteiger partial charge >= 0.3 is 0 Å². The molecule has 18 heavy (non-hydrogen) atoms. The molecule has 0 unspecified atom stereocenters. The third kappa shape index (κ3) is 5.38. The van der Waals surface area contributed by atoms with Crippen molar-refractivity contribution in [2.24, 2.45) is 0 Å². The van der Waals surface area contributed by atoms with Gasteiger partial charge in [0.15, 0.2) is 0 Å². The van der Waals surface area contributed by atoms with Crippen LogP contribution in [0.15, 0.2) is 24.3 Å². The van der Waals surface area contributed by atoms with Crippen LogP contribution in [0.4, 0.5) is 5.69 Å². The molecule has 0 fully saturated rings. The SMILES string of the molecule is COCCNCCCN(C)c1cccc(OC)c1. The lowest BCUT2D eigenvalue weighted by Gasteiger charge is -2.19. The van der Waals surface area contributed by atoms with E-state index in [0.29, 0.717) is 0 Å². The highest BCUT2D eigenvalue weighted by Crippen LogP contribution is 2.19. The van der Waals surface area contributed by atoms with E-state index in [2.05, 4.69) is 29.4 Å². The average Bonchev–Trinajstić information content (AvgIpc) is 2.42. The van der Waals surface area contributed by atoms with Gasteiger partial charge in [0.1, 0.15) is 5.75 Å². The Bertz CT molecular complexity index is 331. The molecular formula is C14H24N2O2. The van der Waals surface area contributed by atoms with Gasteiger partial charge in [0.05, 0.1) is 13.7 Å². The van der Waals surface area contributed by atoms with Gasteiger partial charge in [-0.15, -0.1) is 0 Å². The first-order valence-corrected chi connectivity index (χ1v) is 6.32. The third-order valence-corrected chi connectivity index (χ3v) is 2.82. The number of hydrogen-bond acceptors (Lipinski definition) is 4. The first kappa shape index (κ1) is 14.8. The van der Waals surface area contributed by atoms with Crippen LogP contribution in [0.25, 0.3) is 0 Å². The van der Waals surface area contributed by atoms with E-state index in [4.69, 9.17) is 9.47 Å². The second-order valence-corrected chi connectivity index (χ2v) is 4.22. The summed E-state index contributed by atoms with van der Waals surface area (Å²) in [5, 5.41) is 3.34. The number of anilines is 1. The summed E-state index contributed by atoms with van der Waals surface area (Å²) >= 11 is 0. The summed E-state index contributed by atoms with van der Waals surface area (Å²) < 4.78 is 10.2. The minimum absolute atomic E-state index is 0.770. The van der Waals surface area contributed by atoms with E-state index in [9.17, 15) is 0 Å². The lowest BCUT2D eigenvalue weighted by atomic mass is 10.2. The minimum atomic E-state index is 0.770. The second-order valence-electron chi connectivity index (χ2n) is 4.22. The maximum atomic E-state index is 5.22. The van der Waals surface area contributed by atoms with Crippen LogP contribution in [-0.4, -0.2) is 47.5 Å². The lowest BCUT2D eigenvalue weighted by molar-refractivity contribution is 0.199. The van der Waals surface area contributed by atoms with E-state index in [1.807, 2.05) is 12.1 Å². The number of nitrogens with zero attached hydrogens (tertiary/aromatic N) is 1. The molecule has 0 radical (unpaired) electrons. The molecule has 102 valence electrons. The Hall–Kier alpha value is -1.26. The van der Waals surface area contributed by atoms with Crippen LogP contribution >= 0.6 is 0 Å². The summed E-state index contributed by atoms with van der Waals surface area (Å²) in [4.78, 5) is 2.24. The fourth-order valence-corrected chi connectivity index (χ4v) is 1.72.